The second kappa shape index (κ2) is 7.75. The highest BCUT2D eigenvalue weighted by molar-refractivity contribution is 6.02. The Kier molecular flexibility index (Phi) is 5.23. The van der Waals surface area contributed by atoms with E-state index in [1.54, 1.807) is 0 Å². The van der Waals surface area contributed by atoms with E-state index >= 15 is 0 Å². The summed E-state index contributed by atoms with van der Waals surface area (Å²) in [4.78, 5) is 35.9. The Morgan fingerprint density at radius 1 is 0.880 bits per heavy atom. The Morgan fingerprint density at radius 3 is 2.12 bits per heavy atom. The molecule has 0 aliphatic carbocycles. The van der Waals surface area contributed by atoms with Gasteiger partial charge in [-0.3, -0.25) is 19.3 Å². The van der Waals surface area contributed by atoms with Crippen molar-refractivity contribution in [1.29, 1.82) is 0 Å². The second-order valence-electron chi connectivity index (χ2n) is 5.91. The van der Waals surface area contributed by atoms with E-state index in [9.17, 15) is 14.4 Å². The van der Waals surface area contributed by atoms with Gasteiger partial charge in [-0.1, -0.05) is 54.6 Å². The molecule has 0 spiro atoms. The predicted octanol–water partition coefficient (Wildman–Crippen LogP) is 2.94. The van der Waals surface area contributed by atoms with E-state index in [0.29, 0.717) is 0 Å². The van der Waals surface area contributed by atoms with Gasteiger partial charge in [-0.05, 0) is 16.7 Å². The number of nitrogens with zero attached hydrogens (tertiary/aromatic N) is 1. The summed E-state index contributed by atoms with van der Waals surface area (Å²) in [6.07, 6.45) is 0.503. The summed E-state index contributed by atoms with van der Waals surface area (Å²) < 4.78 is 5.22. The Hall–Kier alpha value is -2.95. The van der Waals surface area contributed by atoms with Crippen LogP contribution in [0.25, 0.3) is 11.1 Å². The van der Waals surface area contributed by atoms with Gasteiger partial charge >= 0.3 is 5.97 Å². The van der Waals surface area contributed by atoms with Crippen LogP contribution in [0, 0.1) is 0 Å². The van der Waals surface area contributed by atoms with Crippen LogP contribution >= 0.6 is 0 Å². The molecule has 3 rings (SSSR count). The molecule has 128 valence electrons. The minimum atomic E-state index is -0.417. The van der Waals surface area contributed by atoms with Gasteiger partial charge in [0.1, 0.15) is 6.61 Å². The maximum atomic E-state index is 11.8. The number of imide groups is 1. The third kappa shape index (κ3) is 4.32. The molecule has 25 heavy (non-hydrogen) atoms. The highest BCUT2D eigenvalue weighted by atomic mass is 16.5. The van der Waals surface area contributed by atoms with Crippen molar-refractivity contribution in [2.45, 2.75) is 25.9 Å². The molecule has 0 N–H and O–H groups in total. The molecule has 0 unspecified atom stereocenters. The number of ether oxygens (including phenoxy) is 1. The lowest BCUT2D eigenvalue weighted by Crippen LogP contribution is -2.31. The predicted molar refractivity (Wildman–Crippen MR) is 92.2 cm³/mol. The van der Waals surface area contributed by atoms with Crippen molar-refractivity contribution in [3.8, 4) is 11.1 Å². The van der Waals surface area contributed by atoms with Crippen molar-refractivity contribution in [1.82, 2.24) is 4.90 Å². The number of benzene rings is 2. The van der Waals surface area contributed by atoms with Crippen molar-refractivity contribution in [3.63, 3.8) is 0 Å². The molecule has 0 saturated carbocycles. The van der Waals surface area contributed by atoms with E-state index < -0.39 is 5.97 Å². The summed E-state index contributed by atoms with van der Waals surface area (Å²) in [5.41, 5.74) is 3.12. The Morgan fingerprint density at radius 2 is 1.48 bits per heavy atom. The SMILES string of the molecule is O=C(CCN1C(=O)CCC1=O)OCc1ccc(-c2ccccc2)cc1. The number of esters is 1. The van der Waals surface area contributed by atoms with Crippen LogP contribution in [0.2, 0.25) is 0 Å². The fourth-order valence-corrected chi connectivity index (χ4v) is 2.74. The molecule has 0 aromatic heterocycles. The van der Waals surface area contributed by atoms with Gasteiger partial charge in [0.05, 0.1) is 6.42 Å². The molecule has 0 atom stereocenters. The van der Waals surface area contributed by atoms with E-state index in [2.05, 4.69) is 0 Å². The van der Waals surface area contributed by atoms with Gasteiger partial charge in [0.2, 0.25) is 11.8 Å². The molecular weight excluding hydrogens is 318 g/mol. The number of hydrogen-bond donors (Lipinski definition) is 0. The fourth-order valence-electron chi connectivity index (χ4n) is 2.74. The van der Waals surface area contributed by atoms with E-state index in [-0.39, 0.29) is 44.2 Å². The molecule has 2 aromatic rings. The Balaban J connectivity index is 1.47. The molecule has 0 bridgehead atoms. The van der Waals surface area contributed by atoms with E-state index in [4.69, 9.17) is 4.74 Å². The average molecular weight is 337 g/mol. The maximum Gasteiger partial charge on any atom is 0.307 e. The van der Waals surface area contributed by atoms with Gasteiger partial charge in [-0.15, -0.1) is 0 Å². The van der Waals surface area contributed by atoms with Crippen molar-refractivity contribution in [3.05, 3.63) is 60.2 Å². The smallest absolute Gasteiger partial charge is 0.307 e. The first-order valence-corrected chi connectivity index (χ1v) is 8.26. The van der Waals surface area contributed by atoms with Crippen LogP contribution in [0.1, 0.15) is 24.8 Å². The van der Waals surface area contributed by atoms with Gasteiger partial charge in [0.25, 0.3) is 0 Å². The minimum absolute atomic E-state index is 0.0274. The first kappa shape index (κ1) is 16.9. The monoisotopic (exact) mass is 337 g/mol. The van der Waals surface area contributed by atoms with Crippen LogP contribution < -0.4 is 0 Å². The molecule has 5 nitrogen and oxygen atoms in total. The highest BCUT2D eigenvalue weighted by Gasteiger charge is 2.28. The van der Waals surface area contributed by atoms with Crippen molar-refractivity contribution in [2.24, 2.45) is 0 Å². The van der Waals surface area contributed by atoms with Gasteiger partial charge < -0.3 is 4.74 Å². The summed E-state index contributed by atoms with van der Waals surface area (Å²) in [6, 6.07) is 17.8. The molecule has 2 amide bonds. The standard InChI is InChI=1S/C20H19NO4/c22-18-10-11-19(23)21(18)13-12-20(24)25-14-15-6-8-17(9-7-15)16-4-2-1-3-5-16/h1-9H,10-14H2. The zero-order valence-corrected chi connectivity index (χ0v) is 13.8. The lowest BCUT2D eigenvalue weighted by molar-refractivity contribution is -0.146. The Bertz CT molecular complexity index is 752. The molecule has 1 aliphatic rings. The molecular formula is C20H19NO4. The second-order valence-corrected chi connectivity index (χ2v) is 5.91. The molecule has 1 aliphatic heterocycles. The number of hydrogen-bond acceptors (Lipinski definition) is 4. The Labute approximate surface area is 146 Å². The lowest BCUT2D eigenvalue weighted by atomic mass is 10.0. The van der Waals surface area contributed by atoms with E-state index in [0.717, 1.165) is 21.6 Å². The zero-order chi connectivity index (χ0) is 17.6. The summed E-state index contributed by atoms with van der Waals surface area (Å²) in [6.45, 7) is 0.277. The van der Waals surface area contributed by atoms with E-state index in [1.165, 1.54) is 0 Å². The molecule has 0 radical (unpaired) electrons. The van der Waals surface area contributed by atoms with Crippen LogP contribution in [0.5, 0.6) is 0 Å². The van der Waals surface area contributed by atoms with Crippen LogP contribution in [0.4, 0.5) is 0 Å². The van der Waals surface area contributed by atoms with Crippen molar-refractivity contribution in [2.75, 3.05) is 6.54 Å². The van der Waals surface area contributed by atoms with Gasteiger partial charge in [0.15, 0.2) is 0 Å². The zero-order valence-electron chi connectivity index (χ0n) is 13.8. The lowest BCUT2D eigenvalue weighted by Gasteiger charge is -2.13. The van der Waals surface area contributed by atoms with Gasteiger partial charge in [-0.25, -0.2) is 0 Å². The van der Waals surface area contributed by atoms with Crippen molar-refractivity contribution >= 4 is 17.8 Å². The number of amides is 2. The highest BCUT2D eigenvalue weighted by Crippen LogP contribution is 2.19. The van der Waals surface area contributed by atoms with Crippen LogP contribution in [-0.2, 0) is 25.7 Å². The largest absolute Gasteiger partial charge is 0.461 e. The number of carbonyl (C=O) groups is 3. The number of likely N-dealkylation sites (tertiary alicyclic amines) is 1. The third-order valence-electron chi connectivity index (χ3n) is 4.16. The first-order valence-electron chi connectivity index (χ1n) is 8.26. The molecule has 5 heteroatoms. The quantitative estimate of drug-likeness (QED) is 0.600. The molecule has 1 saturated heterocycles. The normalized spacial score (nSPS) is 14.0. The van der Waals surface area contributed by atoms with Gasteiger partial charge in [0, 0.05) is 19.4 Å². The molecule has 1 fully saturated rings. The average Bonchev–Trinajstić information content (AvgIpc) is 2.97. The van der Waals surface area contributed by atoms with Crippen LogP contribution in [0.3, 0.4) is 0 Å². The summed E-state index contributed by atoms with van der Waals surface area (Å²) in [5.74, 6) is -0.844. The minimum Gasteiger partial charge on any atom is -0.461 e. The number of rotatable bonds is 6. The van der Waals surface area contributed by atoms with E-state index in [1.807, 2.05) is 54.6 Å². The van der Waals surface area contributed by atoms with Gasteiger partial charge in [-0.2, -0.15) is 0 Å². The first-order chi connectivity index (χ1) is 12.1. The summed E-state index contributed by atoms with van der Waals surface area (Å²) >= 11 is 0. The van der Waals surface area contributed by atoms with Crippen LogP contribution in [0.15, 0.2) is 54.6 Å². The maximum absolute atomic E-state index is 11.8. The molecule has 1 heterocycles. The summed E-state index contributed by atoms with van der Waals surface area (Å²) in [7, 11) is 0. The number of carbonyl (C=O) groups excluding carboxylic acids is 3. The van der Waals surface area contributed by atoms with Crippen LogP contribution in [-0.4, -0.2) is 29.2 Å². The topological polar surface area (TPSA) is 63.7 Å². The molecule has 2 aromatic carbocycles. The summed E-state index contributed by atoms with van der Waals surface area (Å²) in [5, 5.41) is 0. The van der Waals surface area contributed by atoms with Crippen molar-refractivity contribution < 1.29 is 19.1 Å². The third-order valence-corrected chi connectivity index (χ3v) is 4.16. The fraction of sp³-hybridized carbons (Fsp3) is 0.250.